The molecule has 0 bridgehead atoms. The molecule has 2 atom stereocenters. The topological polar surface area (TPSA) is 60.6 Å². The van der Waals surface area contributed by atoms with Crippen molar-refractivity contribution in [2.45, 2.75) is 18.4 Å². The number of likely N-dealkylation sites (tertiary alicyclic amines) is 1. The van der Waals surface area contributed by atoms with Crippen LogP contribution in [0.25, 0.3) is 5.84 Å². The lowest BCUT2D eigenvalue weighted by molar-refractivity contribution is -0.834. The molecule has 19 heavy (non-hydrogen) atoms. The third kappa shape index (κ3) is 2.72. The van der Waals surface area contributed by atoms with E-state index in [9.17, 15) is 4.79 Å². The number of carbonyl (C=O) groups excluding carboxylic acids is 1. The Kier molecular flexibility index (Phi) is 3.40. The molecule has 1 aromatic carbocycles. The van der Waals surface area contributed by atoms with E-state index in [1.807, 2.05) is 23.1 Å². The number of hydrogen-bond donors (Lipinski definition) is 2. The first kappa shape index (κ1) is 12.4. The van der Waals surface area contributed by atoms with Crippen LogP contribution in [0.3, 0.4) is 0 Å². The summed E-state index contributed by atoms with van der Waals surface area (Å²) >= 11 is 0. The molecule has 3 N–H and O–H groups in total. The number of quaternary nitrogens is 1. The lowest BCUT2D eigenvalue weighted by Gasteiger charge is -2.39. The Morgan fingerprint density at radius 3 is 2.68 bits per heavy atom. The zero-order valence-electron chi connectivity index (χ0n) is 10.9. The van der Waals surface area contributed by atoms with Gasteiger partial charge in [-0.2, -0.15) is 0 Å². The van der Waals surface area contributed by atoms with Crippen LogP contribution in [-0.2, 0) is 0 Å². The first-order chi connectivity index (χ1) is 9.22. The molecule has 5 nitrogen and oxygen atoms in total. The average molecular weight is 260 g/mol. The van der Waals surface area contributed by atoms with Crippen molar-refractivity contribution in [2.75, 3.05) is 26.2 Å². The van der Waals surface area contributed by atoms with Crippen LogP contribution >= 0.6 is 0 Å². The highest BCUT2D eigenvalue weighted by atomic mass is 16.2. The van der Waals surface area contributed by atoms with Gasteiger partial charge in [-0.25, -0.2) is 4.79 Å². The van der Waals surface area contributed by atoms with Crippen molar-refractivity contribution in [1.82, 2.24) is 10.2 Å². The predicted octanol–water partition coefficient (Wildman–Crippen LogP) is 0.420. The van der Waals surface area contributed by atoms with Gasteiger partial charge in [-0.1, -0.05) is 30.3 Å². The van der Waals surface area contributed by atoms with E-state index in [4.69, 9.17) is 5.84 Å². The first-order valence-corrected chi connectivity index (χ1v) is 6.89. The van der Waals surface area contributed by atoms with Gasteiger partial charge in [-0.3, -0.25) is 0 Å². The molecule has 2 amide bonds. The Bertz CT molecular complexity index is 444. The Hall–Kier alpha value is -1.59. The van der Waals surface area contributed by atoms with Gasteiger partial charge in [0.05, 0.1) is 19.1 Å². The highest BCUT2D eigenvalue weighted by Gasteiger charge is 2.33. The van der Waals surface area contributed by atoms with Crippen LogP contribution in [0.5, 0.6) is 0 Å². The molecule has 3 rings (SSSR count). The van der Waals surface area contributed by atoms with Crippen LogP contribution in [0.2, 0.25) is 0 Å². The molecule has 2 heterocycles. The van der Waals surface area contributed by atoms with Crippen molar-refractivity contribution in [3.63, 3.8) is 0 Å². The monoisotopic (exact) mass is 260 g/mol. The Balaban J connectivity index is 1.47. The van der Waals surface area contributed by atoms with Gasteiger partial charge in [0.25, 0.3) is 0 Å². The lowest BCUT2D eigenvalue weighted by Crippen LogP contribution is -3.03. The number of nitrogens with one attached hydrogen (secondary N) is 3. The maximum Gasteiger partial charge on any atom is 0.317 e. The molecule has 0 aliphatic carbocycles. The summed E-state index contributed by atoms with van der Waals surface area (Å²) in [4.78, 5) is 13.9. The maximum atomic E-state index is 12.0. The molecule has 1 unspecified atom stereocenters. The van der Waals surface area contributed by atoms with Crippen LogP contribution in [0, 0.1) is 0 Å². The molecular formula is C14H20N4O. The highest BCUT2D eigenvalue weighted by Crippen LogP contribution is 2.26. The minimum absolute atomic E-state index is 0.0341. The summed E-state index contributed by atoms with van der Waals surface area (Å²) in [5, 5.41) is 3.79. The number of hydrogen-bond acceptors (Lipinski definition) is 1. The van der Waals surface area contributed by atoms with Gasteiger partial charge >= 0.3 is 6.03 Å². The maximum absolute atomic E-state index is 12.0. The summed E-state index contributed by atoms with van der Waals surface area (Å²) in [7, 11) is 0. The predicted molar refractivity (Wildman–Crippen MR) is 72.7 cm³/mol. The number of urea groups is 1. The van der Waals surface area contributed by atoms with E-state index in [1.54, 1.807) is 0 Å². The minimum atomic E-state index is 0.0341. The van der Waals surface area contributed by atoms with Gasteiger partial charge in [0.1, 0.15) is 0 Å². The molecule has 0 radical (unpaired) electrons. The molecule has 0 saturated carbocycles. The first-order valence-electron chi connectivity index (χ1n) is 6.89. The SMILES string of the molecule is [NH-][NH+]1CC[C@@H](NC(=O)N2CC(c3ccccc3)C2)C1. The van der Waals surface area contributed by atoms with Gasteiger partial charge in [0.2, 0.25) is 0 Å². The van der Waals surface area contributed by atoms with E-state index in [-0.39, 0.29) is 12.1 Å². The van der Waals surface area contributed by atoms with Crippen LogP contribution in [-0.4, -0.2) is 43.2 Å². The van der Waals surface area contributed by atoms with Gasteiger partial charge in [-0.15, -0.1) is 0 Å². The van der Waals surface area contributed by atoms with Crippen molar-refractivity contribution in [3.8, 4) is 0 Å². The van der Waals surface area contributed by atoms with Crippen LogP contribution in [0.15, 0.2) is 30.3 Å². The lowest BCUT2D eigenvalue weighted by atomic mass is 9.92. The number of carbonyl (C=O) groups is 1. The van der Waals surface area contributed by atoms with Crippen LogP contribution < -0.4 is 10.3 Å². The fraction of sp³-hybridized carbons (Fsp3) is 0.500. The van der Waals surface area contributed by atoms with E-state index >= 15 is 0 Å². The summed E-state index contributed by atoms with van der Waals surface area (Å²) in [6.07, 6.45) is 0.917. The van der Waals surface area contributed by atoms with E-state index in [0.717, 1.165) is 37.6 Å². The molecule has 1 aromatic rings. The molecule has 2 saturated heterocycles. The van der Waals surface area contributed by atoms with E-state index < -0.39 is 0 Å². The zero-order chi connectivity index (χ0) is 13.2. The van der Waals surface area contributed by atoms with Crippen LogP contribution in [0.4, 0.5) is 4.79 Å². The van der Waals surface area contributed by atoms with Crippen molar-refractivity contribution in [2.24, 2.45) is 0 Å². The van der Waals surface area contributed by atoms with Crippen molar-refractivity contribution < 1.29 is 9.80 Å². The number of benzene rings is 1. The molecule has 5 heteroatoms. The third-order valence-electron chi connectivity index (χ3n) is 4.05. The molecule has 102 valence electrons. The second kappa shape index (κ2) is 5.19. The molecule has 0 spiro atoms. The smallest absolute Gasteiger partial charge is 0.317 e. The van der Waals surface area contributed by atoms with Gasteiger partial charge < -0.3 is 21.1 Å². The zero-order valence-corrected chi connectivity index (χ0v) is 10.9. The van der Waals surface area contributed by atoms with E-state index in [1.165, 1.54) is 5.56 Å². The summed E-state index contributed by atoms with van der Waals surface area (Å²) in [5.74, 6) is 8.05. The summed E-state index contributed by atoms with van der Waals surface area (Å²) in [5.41, 5.74) is 1.31. The fourth-order valence-electron chi connectivity index (χ4n) is 2.82. The standard InChI is InChI=1S/C14H20N4O/c15-18-7-6-13(10-18)16-14(19)17-8-12(9-17)11-4-2-1-3-5-11/h1-5,12-13,15,18H,6-10H2,(H,16,19)/t13-/m1/s1. The number of nitrogens with zero attached hydrogens (tertiary/aromatic N) is 1. The van der Waals surface area contributed by atoms with E-state index in [0.29, 0.717) is 5.92 Å². The van der Waals surface area contributed by atoms with E-state index in [2.05, 4.69) is 17.4 Å². The van der Waals surface area contributed by atoms with Gasteiger partial charge in [0, 0.05) is 25.4 Å². The van der Waals surface area contributed by atoms with Gasteiger partial charge in [0.15, 0.2) is 0 Å². The Morgan fingerprint density at radius 1 is 1.32 bits per heavy atom. The Morgan fingerprint density at radius 2 is 2.05 bits per heavy atom. The summed E-state index contributed by atoms with van der Waals surface area (Å²) in [6.45, 7) is 3.17. The quantitative estimate of drug-likeness (QED) is 0.795. The fourth-order valence-corrected chi connectivity index (χ4v) is 2.82. The summed E-state index contributed by atoms with van der Waals surface area (Å²) < 4.78 is 0. The molecule has 2 fully saturated rings. The third-order valence-corrected chi connectivity index (χ3v) is 4.05. The Labute approximate surface area is 113 Å². The number of amides is 2. The largest absolute Gasteiger partial charge is 0.469 e. The highest BCUT2D eigenvalue weighted by molar-refractivity contribution is 5.75. The number of rotatable bonds is 2. The van der Waals surface area contributed by atoms with Crippen molar-refractivity contribution in [1.29, 1.82) is 0 Å². The minimum Gasteiger partial charge on any atom is -0.469 e. The molecule has 2 aliphatic rings. The van der Waals surface area contributed by atoms with Crippen LogP contribution in [0.1, 0.15) is 17.9 Å². The second-order valence-corrected chi connectivity index (χ2v) is 5.51. The molecule has 2 aliphatic heterocycles. The summed E-state index contributed by atoms with van der Waals surface area (Å²) in [6, 6.07) is 10.6. The average Bonchev–Trinajstić information content (AvgIpc) is 2.74. The molecular weight excluding hydrogens is 240 g/mol. The van der Waals surface area contributed by atoms with Gasteiger partial charge in [-0.05, 0) is 5.56 Å². The second-order valence-electron chi connectivity index (χ2n) is 5.51. The normalized spacial score (nSPS) is 27.1. The van der Waals surface area contributed by atoms with Crippen molar-refractivity contribution in [3.05, 3.63) is 41.7 Å². The molecule has 0 aromatic heterocycles. The van der Waals surface area contributed by atoms with Crippen molar-refractivity contribution >= 4 is 6.03 Å².